The fourth-order valence-corrected chi connectivity index (χ4v) is 4.00. The van der Waals surface area contributed by atoms with Crippen molar-refractivity contribution in [1.82, 2.24) is 15.8 Å². The highest BCUT2D eigenvalue weighted by molar-refractivity contribution is 5.81. The Morgan fingerprint density at radius 3 is 2.45 bits per heavy atom. The molecule has 0 aliphatic carbocycles. The van der Waals surface area contributed by atoms with Crippen molar-refractivity contribution in [3.05, 3.63) is 70.0 Å². The first kappa shape index (κ1) is 19.3. The van der Waals surface area contributed by atoms with Gasteiger partial charge in [0.25, 0.3) is 5.69 Å². The summed E-state index contributed by atoms with van der Waals surface area (Å²) in [5, 5.41) is 11.3. The zero-order valence-electron chi connectivity index (χ0n) is 15.8. The first-order valence-electron chi connectivity index (χ1n) is 9.55. The van der Waals surface area contributed by atoms with Crippen LogP contribution in [0.15, 0.2) is 48.5 Å². The molecule has 2 aromatic rings. The number of anilines is 1. The van der Waals surface area contributed by atoms with Gasteiger partial charge >= 0.3 is 0 Å². The van der Waals surface area contributed by atoms with Crippen molar-refractivity contribution in [3.8, 4) is 0 Å². The van der Waals surface area contributed by atoms with Crippen LogP contribution in [-0.4, -0.2) is 48.5 Å². The third-order valence-electron chi connectivity index (χ3n) is 5.54. The van der Waals surface area contributed by atoms with Crippen LogP contribution in [0, 0.1) is 21.8 Å². The Hall–Kier alpha value is -3.04. The van der Waals surface area contributed by atoms with Crippen LogP contribution in [-0.2, 0) is 4.79 Å². The van der Waals surface area contributed by atoms with Gasteiger partial charge in [-0.3, -0.25) is 20.3 Å². The predicted molar refractivity (Wildman–Crippen MR) is 106 cm³/mol. The smallest absolute Gasteiger partial charge is 0.292 e. The van der Waals surface area contributed by atoms with E-state index in [-0.39, 0.29) is 34.3 Å². The summed E-state index contributed by atoms with van der Waals surface area (Å²) in [4.78, 5) is 27.8. The van der Waals surface area contributed by atoms with Crippen molar-refractivity contribution < 1.29 is 14.1 Å². The minimum Gasteiger partial charge on any atom is -0.362 e. The Morgan fingerprint density at radius 1 is 1.07 bits per heavy atom. The highest BCUT2D eigenvalue weighted by Crippen LogP contribution is 2.30. The Balaban J connectivity index is 1.43. The number of nitrogens with one attached hydrogen (secondary N) is 2. The second-order valence-corrected chi connectivity index (χ2v) is 7.22. The van der Waals surface area contributed by atoms with Crippen molar-refractivity contribution >= 4 is 17.3 Å². The van der Waals surface area contributed by atoms with Gasteiger partial charge in [0.1, 0.15) is 11.5 Å². The van der Waals surface area contributed by atoms with Crippen LogP contribution >= 0.6 is 0 Å². The van der Waals surface area contributed by atoms with Gasteiger partial charge in [0.05, 0.1) is 16.9 Å². The van der Waals surface area contributed by atoms with E-state index < -0.39 is 0 Å². The molecule has 0 aromatic heterocycles. The predicted octanol–water partition coefficient (Wildman–Crippen LogP) is 1.85. The molecule has 2 fully saturated rings. The number of benzene rings is 2. The number of halogens is 1. The fourth-order valence-electron chi connectivity index (χ4n) is 4.00. The van der Waals surface area contributed by atoms with Crippen LogP contribution < -0.4 is 15.8 Å². The Bertz CT molecular complexity index is 899. The lowest BCUT2D eigenvalue weighted by molar-refractivity contribution is -0.384. The summed E-state index contributed by atoms with van der Waals surface area (Å²) in [6.45, 7) is 2.55. The fraction of sp³-hybridized carbons (Fsp3) is 0.350. The van der Waals surface area contributed by atoms with Gasteiger partial charge < -0.3 is 9.80 Å². The summed E-state index contributed by atoms with van der Waals surface area (Å²) in [5.74, 6) is -0.578. The maximum absolute atomic E-state index is 13.2. The average Bonchev–Trinajstić information content (AvgIpc) is 3.24. The highest BCUT2D eigenvalue weighted by atomic mass is 19.1. The summed E-state index contributed by atoms with van der Waals surface area (Å²) >= 11 is 0. The van der Waals surface area contributed by atoms with Gasteiger partial charge in [-0.05, 0) is 23.8 Å². The quantitative estimate of drug-likeness (QED) is 0.602. The number of carbonyl (C=O) groups is 1. The van der Waals surface area contributed by atoms with Crippen molar-refractivity contribution in [3.63, 3.8) is 0 Å². The monoisotopic (exact) mass is 399 g/mol. The number of rotatable bonds is 4. The van der Waals surface area contributed by atoms with Gasteiger partial charge in [-0.2, -0.15) is 0 Å². The van der Waals surface area contributed by atoms with Gasteiger partial charge in [0.2, 0.25) is 5.91 Å². The molecule has 152 valence electrons. The molecule has 1 amide bonds. The molecule has 2 heterocycles. The number of nitro benzene ring substituents is 1. The van der Waals surface area contributed by atoms with Gasteiger partial charge in [0.15, 0.2) is 0 Å². The van der Waals surface area contributed by atoms with E-state index in [1.165, 1.54) is 18.2 Å². The number of carbonyl (C=O) groups excluding carboxylic acids is 1. The molecule has 0 bridgehead atoms. The number of hydrazine groups is 1. The Morgan fingerprint density at radius 2 is 1.76 bits per heavy atom. The van der Waals surface area contributed by atoms with Crippen LogP contribution in [0.4, 0.5) is 15.8 Å². The third kappa shape index (κ3) is 3.92. The second kappa shape index (κ2) is 8.14. The molecular weight excluding hydrogens is 377 g/mol. The van der Waals surface area contributed by atoms with E-state index >= 15 is 0 Å². The number of amides is 1. The van der Waals surface area contributed by atoms with E-state index in [4.69, 9.17) is 0 Å². The van der Waals surface area contributed by atoms with Gasteiger partial charge in [-0.1, -0.05) is 24.3 Å². The number of nitro groups is 1. The van der Waals surface area contributed by atoms with Crippen LogP contribution in [0.25, 0.3) is 0 Å². The summed E-state index contributed by atoms with van der Waals surface area (Å²) in [5.41, 5.74) is 7.66. The largest absolute Gasteiger partial charge is 0.362 e. The van der Waals surface area contributed by atoms with Crippen LogP contribution in [0.1, 0.15) is 11.6 Å². The van der Waals surface area contributed by atoms with Crippen molar-refractivity contribution in [2.45, 2.75) is 6.04 Å². The molecule has 2 saturated heterocycles. The summed E-state index contributed by atoms with van der Waals surface area (Å²) < 4.78 is 13.2. The van der Waals surface area contributed by atoms with E-state index in [0.29, 0.717) is 38.4 Å². The molecule has 0 radical (unpaired) electrons. The normalized spacial score (nSPS) is 22.0. The first-order valence-corrected chi connectivity index (χ1v) is 9.55. The van der Waals surface area contributed by atoms with Crippen LogP contribution in [0.2, 0.25) is 0 Å². The molecule has 8 nitrogen and oxygen atoms in total. The first-order chi connectivity index (χ1) is 14.0. The van der Waals surface area contributed by atoms with Crippen molar-refractivity contribution in [2.24, 2.45) is 5.92 Å². The molecule has 2 N–H and O–H groups in total. The summed E-state index contributed by atoms with van der Waals surface area (Å²) in [6.07, 6.45) is 0. The number of hydrogen-bond acceptors (Lipinski definition) is 6. The van der Waals surface area contributed by atoms with E-state index in [1.807, 2.05) is 4.90 Å². The third-order valence-corrected chi connectivity index (χ3v) is 5.54. The van der Waals surface area contributed by atoms with Crippen LogP contribution in [0.3, 0.4) is 0 Å². The minimum absolute atomic E-state index is 0.0269. The van der Waals surface area contributed by atoms with E-state index in [2.05, 4.69) is 10.9 Å². The van der Waals surface area contributed by atoms with Gasteiger partial charge in [0, 0.05) is 38.8 Å². The second-order valence-electron chi connectivity index (χ2n) is 7.22. The topological polar surface area (TPSA) is 90.8 Å². The van der Waals surface area contributed by atoms with Crippen LogP contribution in [0.5, 0.6) is 0 Å². The molecule has 9 heteroatoms. The van der Waals surface area contributed by atoms with Crippen molar-refractivity contribution in [1.29, 1.82) is 0 Å². The Kier molecular flexibility index (Phi) is 5.41. The number of nitrogens with zero attached hydrogens (tertiary/aromatic N) is 3. The number of para-hydroxylation sites is 2. The highest BCUT2D eigenvalue weighted by Gasteiger charge is 2.37. The molecule has 2 atom stereocenters. The van der Waals surface area contributed by atoms with E-state index in [1.54, 1.807) is 35.2 Å². The molecule has 2 unspecified atom stereocenters. The zero-order valence-corrected chi connectivity index (χ0v) is 15.8. The molecule has 0 spiro atoms. The van der Waals surface area contributed by atoms with E-state index in [0.717, 1.165) is 5.56 Å². The standard InChI is InChI=1S/C20H22FN5O3/c21-15-7-5-14(6-8-15)19-16(13-22-23-19)20(27)25-11-9-24(10-12-25)17-3-1-2-4-18(17)26(28)29/h1-8,16,19,22-23H,9-13H2. The SMILES string of the molecule is O=C(C1CNNC1c1ccc(F)cc1)N1CCN(c2ccccc2[N+](=O)[O-])CC1. The molecule has 29 heavy (non-hydrogen) atoms. The minimum atomic E-state index is -0.379. The van der Waals surface area contributed by atoms with Gasteiger partial charge in [-0.15, -0.1) is 0 Å². The number of hydrogen-bond donors (Lipinski definition) is 2. The lowest BCUT2D eigenvalue weighted by Crippen LogP contribution is -2.51. The maximum Gasteiger partial charge on any atom is 0.292 e. The maximum atomic E-state index is 13.2. The van der Waals surface area contributed by atoms with Gasteiger partial charge in [-0.25, -0.2) is 9.82 Å². The molecule has 2 aliphatic heterocycles. The number of piperazine rings is 1. The zero-order chi connectivity index (χ0) is 20.4. The van der Waals surface area contributed by atoms with E-state index in [9.17, 15) is 19.3 Å². The average molecular weight is 399 g/mol. The molecule has 2 aliphatic rings. The van der Waals surface area contributed by atoms with Crippen molar-refractivity contribution in [2.75, 3.05) is 37.6 Å². The lowest BCUT2D eigenvalue weighted by Gasteiger charge is -2.37. The molecule has 2 aromatic carbocycles. The lowest BCUT2D eigenvalue weighted by atomic mass is 9.93. The summed E-state index contributed by atoms with van der Waals surface area (Å²) in [7, 11) is 0. The molecular formula is C20H22FN5O3. The molecule has 0 saturated carbocycles. The molecule has 4 rings (SSSR count). The summed E-state index contributed by atoms with van der Waals surface area (Å²) in [6, 6.07) is 12.6. The Labute approximate surface area is 167 Å².